The first-order valence-electron chi connectivity index (χ1n) is 6.49. The van der Waals surface area contributed by atoms with Gasteiger partial charge in [0.05, 0.1) is 0 Å². The Hall–Kier alpha value is -1.79. The molecule has 7 heteroatoms. The van der Waals surface area contributed by atoms with Crippen molar-refractivity contribution in [2.45, 2.75) is 32.7 Å². The third kappa shape index (κ3) is 4.42. The van der Waals surface area contributed by atoms with E-state index >= 15 is 0 Å². The summed E-state index contributed by atoms with van der Waals surface area (Å²) in [5, 5.41) is 11.5. The minimum absolute atomic E-state index is 0.00514. The third-order valence-electron chi connectivity index (χ3n) is 3.19. The van der Waals surface area contributed by atoms with Crippen LogP contribution in [0.5, 0.6) is 0 Å². The quantitative estimate of drug-likeness (QED) is 0.759. The molecule has 1 fully saturated rings. The van der Waals surface area contributed by atoms with Gasteiger partial charge in [0.2, 0.25) is 5.91 Å². The molecule has 1 heterocycles. The number of aliphatic carboxylic acids is 1. The van der Waals surface area contributed by atoms with Crippen LogP contribution in [0.1, 0.15) is 26.7 Å². The molecule has 0 aromatic rings. The number of urea groups is 1. The molecule has 19 heavy (non-hydrogen) atoms. The van der Waals surface area contributed by atoms with Crippen LogP contribution in [0.15, 0.2) is 0 Å². The predicted octanol–water partition coefficient (Wildman–Crippen LogP) is 0.113. The molecule has 0 aromatic carbocycles. The zero-order valence-electron chi connectivity index (χ0n) is 11.4. The van der Waals surface area contributed by atoms with Gasteiger partial charge in [0.25, 0.3) is 0 Å². The van der Waals surface area contributed by atoms with Gasteiger partial charge in [0.1, 0.15) is 6.04 Å². The number of piperazine rings is 1. The molecule has 0 aliphatic carbocycles. The molecule has 0 spiro atoms. The number of amides is 3. The van der Waals surface area contributed by atoms with Crippen LogP contribution in [-0.2, 0) is 9.59 Å². The molecule has 7 nitrogen and oxygen atoms in total. The van der Waals surface area contributed by atoms with E-state index in [4.69, 9.17) is 5.11 Å². The maximum atomic E-state index is 11.9. The predicted molar refractivity (Wildman–Crippen MR) is 68.7 cm³/mol. The second kappa shape index (κ2) is 6.96. The Kier molecular flexibility index (Phi) is 5.59. The van der Waals surface area contributed by atoms with Crippen molar-refractivity contribution in [1.82, 2.24) is 15.1 Å². The van der Waals surface area contributed by atoms with Crippen LogP contribution in [0.3, 0.4) is 0 Å². The largest absolute Gasteiger partial charge is 0.480 e. The number of nitrogens with zero attached hydrogens (tertiary/aromatic N) is 2. The first-order chi connectivity index (χ1) is 8.95. The number of carbonyl (C=O) groups is 3. The summed E-state index contributed by atoms with van der Waals surface area (Å²) in [5.41, 5.74) is 0. The van der Waals surface area contributed by atoms with Gasteiger partial charge in [-0.15, -0.1) is 0 Å². The van der Waals surface area contributed by atoms with Crippen LogP contribution in [-0.4, -0.2) is 65.0 Å². The van der Waals surface area contributed by atoms with Crippen LogP contribution < -0.4 is 5.32 Å². The lowest BCUT2D eigenvalue weighted by atomic mass is 10.2. The summed E-state index contributed by atoms with van der Waals surface area (Å²) in [7, 11) is 0. The molecule has 1 aliphatic rings. The van der Waals surface area contributed by atoms with Gasteiger partial charge in [-0.2, -0.15) is 0 Å². The number of nitrogens with one attached hydrogen (secondary N) is 1. The zero-order valence-corrected chi connectivity index (χ0v) is 11.4. The van der Waals surface area contributed by atoms with E-state index in [1.54, 1.807) is 9.80 Å². The molecule has 0 bridgehead atoms. The number of carboxylic acids is 1. The van der Waals surface area contributed by atoms with E-state index < -0.39 is 12.0 Å². The molecule has 1 aliphatic heterocycles. The Labute approximate surface area is 112 Å². The molecule has 1 saturated heterocycles. The molecule has 0 saturated carbocycles. The summed E-state index contributed by atoms with van der Waals surface area (Å²) in [5.74, 6) is -1.02. The second-order valence-corrected chi connectivity index (χ2v) is 4.62. The normalized spacial score (nSPS) is 16.9. The van der Waals surface area contributed by atoms with Gasteiger partial charge in [0.15, 0.2) is 0 Å². The average molecular weight is 271 g/mol. The molecule has 108 valence electrons. The van der Waals surface area contributed by atoms with Crippen molar-refractivity contribution < 1.29 is 19.5 Å². The lowest BCUT2D eigenvalue weighted by molar-refractivity contribution is -0.139. The minimum Gasteiger partial charge on any atom is -0.480 e. The minimum atomic E-state index is -1.02. The molecule has 3 amide bonds. The van der Waals surface area contributed by atoms with Crippen LogP contribution in [0.25, 0.3) is 0 Å². The molecule has 0 aromatic heterocycles. The number of carbonyl (C=O) groups excluding carboxylic acids is 2. The van der Waals surface area contributed by atoms with Crippen molar-refractivity contribution in [3.05, 3.63) is 0 Å². The van der Waals surface area contributed by atoms with E-state index in [-0.39, 0.29) is 11.9 Å². The highest BCUT2D eigenvalue weighted by Crippen LogP contribution is 2.04. The van der Waals surface area contributed by atoms with Gasteiger partial charge in [-0.25, -0.2) is 9.59 Å². The molecule has 1 rings (SSSR count). The van der Waals surface area contributed by atoms with Crippen LogP contribution in [0.4, 0.5) is 4.79 Å². The van der Waals surface area contributed by atoms with E-state index in [0.29, 0.717) is 39.0 Å². The summed E-state index contributed by atoms with van der Waals surface area (Å²) < 4.78 is 0. The highest BCUT2D eigenvalue weighted by Gasteiger charge is 2.25. The van der Waals surface area contributed by atoms with Crippen molar-refractivity contribution in [3.63, 3.8) is 0 Å². The van der Waals surface area contributed by atoms with E-state index in [0.717, 1.165) is 0 Å². The van der Waals surface area contributed by atoms with E-state index in [1.807, 2.05) is 6.92 Å². The van der Waals surface area contributed by atoms with Crippen molar-refractivity contribution in [2.75, 3.05) is 26.2 Å². The number of hydrogen-bond donors (Lipinski definition) is 2. The van der Waals surface area contributed by atoms with Gasteiger partial charge < -0.3 is 20.2 Å². The summed E-state index contributed by atoms with van der Waals surface area (Å²) >= 11 is 0. The van der Waals surface area contributed by atoms with Gasteiger partial charge in [-0.1, -0.05) is 13.3 Å². The average Bonchev–Trinajstić information content (AvgIpc) is 2.38. The Morgan fingerprint density at radius 1 is 1.16 bits per heavy atom. The fraction of sp³-hybridized carbons (Fsp3) is 0.750. The lowest BCUT2D eigenvalue weighted by Gasteiger charge is -2.34. The van der Waals surface area contributed by atoms with Crippen LogP contribution >= 0.6 is 0 Å². The van der Waals surface area contributed by atoms with Gasteiger partial charge in [-0.3, -0.25) is 4.79 Å². The molecule has 0 radical (unpaired) electrons. The highest BCUT2D eigenvalue weighted by molar-refractivity contribution is 5.82. The third-order valence-corrected chi connectivity index (χ3v) is 3.19. The van der Waals surface area contributed by atoms with E-state index in [1.165, 1.54) is 6.92 Å². The Balaban J connectivity index is 2.46. The smallest absolute Gasteiger partial charge is 0.326 e. The zero-order chi connectivity index (χ0) is 14.4. The molecule has 1 unspecified atom stereocenters. The van der Waals surface area contributed by atoms with Gasteiger partial charge in [-0.05, 0) is 6.42 Å². The summed E-state index contributed by atoms with van der Waals surface area (Å²) in [6.07, 6.45) is 1.10. The fourth-order valence-electron chi connectivity index (χ4n) is 2.01. The topological polar surface area (TPSA) is 90.0 Å². The summed E-state index contributed by atoms with van der Waals surface area (Å²) in [6, 6.07) is -1.22. The first-order valence-corrected chi connectivity index (χ1v) is 6.49. The number of rotatable bonds is 4. The molecular formula is C12H21N3O4. The van der Waals surface area contributed by atoms with E-state index in [9.17, 15) is 14.4 Å². The fourth-order valence-corrected chi connectivity index (χ4v) is 2.01. The van der Waals surface area contributed by atoms with Crippen molar-refractivity contribution in [3.8, 4) is 0 Å². The molecule has 2 N–H and O–H groups in total. The standard InChI is InChI=1S/C12H21N3O4/c1-3-4-10(11(17)18)13-12(19)15-7-5-14(6-8-15)9(2)16/h10H,3-8H2,1-2H3,(H,13,19)(H,17,18). The SMILES string of the molecule is CCCC(NC(=O)N1CCN(C(C)=O)CC1)C(=O)O. The molecule has 1 atom stereocenters. The Morgan fingerprint density at radius 2 is 1.68 bits per heavy atom. The first kappa shape index (κ1) is 15.3. The Bertz CT molecular complexity index is 351. The maximum Gasteiger partial charge on any atom is 0.326 e. The van der Waals surface area contributed by atoms with Gasteiger partial charge in [0, 0.05) is 33.1 Å². The second-order valence-electron chi connectivity index (χ2n) is 4.62. The highest BCUT2D eigenvalue weighted by atomic mass is 16.4. The molecular weight excluding hydrogens is 250 g/mol. The van der Waals surface area contributed by atoms with Crippen molar-refractivity contribution in [1.29, 1.82) is 0 Å². The summed E-state index contributed by atoms with van der Waals surface area (Å²) in [4.78, 5) is 37.2. The maximum absolute atomic E-state index is 11.9. The van der Waals surface area contributed by atoms with Crippen LogP contribution in [0.2, 0.25) is 0 Å². The number of hydrogen-bond acceptors (Lipinski definition) is 3. The van der Waals surface area contributed by atoms with E-state index in [2.05, 4.69) is 5.32 Å². The Morgan fingerprint density at radius 3 is 2.11 bits per heavy atom. The van der Waals surface area contributed by atoms with Gasteiger partial charge >= 0.3 is 12.0 Å². The number of carboxylic acid groups (broad SMARTS) is 1. The van der Waals surface area contributed by atoms with Crippen LogP contribution in [0, 0.1) is 0 Å². The summed E-state index contributed by atoms with van der Waals surface area (Å²) in [6.45, 7) is 5.22. The monoisotopic (exact) mass is 271 g/mol. The van der Waals surface area contributed by atoms with Crippen molar-refractivity contribution in [2.24, 2.45) is 0 Å². The lowest BCUT2D eigenvalue weighted by Crippen LogP contribution is -2.55. The van der Waals surface area contributed by atoms with Crippen molar-refractivity contribution >= 4 is 17.9 Å².